The average Bonchev–Trinajstić information content (AvgIpc) is 2.39. The van der Waals surface area contributed by atoms with Gasteiger partial charge in [0.15, 0.2) is 0 Å². The monoisotopic (exact) mass is 290 g/mol. The van der Waals surface area contributed by atoms with Gasteiger partial charge in [-0.15, -0.1) is 12.4 Å². The van der Waals surface area contributed by atoms with Crippen LogP contribution in [0.2, 0.25) is 0 Å². The first-order chi connectivity index (χ1) is 8.67. The van der Waals surface area contributed by atoms with Crippen LogP contribution in [0.5, 0.6) is 0 Å². The first-order valence-electron chi connectivity index (χ1n) is 7.65. The van der Waals surface area contributed by atoms with Crippen LogP contribution in [0.15, 0.2) is 0 Å². The highest BCUT2D eigenvalue weighted by atomic mass is 35.5. The molecule has 0 aromatic carbocycles. The van der Waals surface area contributed by atoms with Crippen molar-refractivity contribution in [2.24, 2.45) is 11.1 Å². The second-order valence-electron chi connectivity index (χ2n) is 5.82. The van der Waals surface area contributed by atoms with Crippen LogP contribution in [0.25, 0.3) is 0 Å². The number of carbonyl (C=O) groups excluding carboxylic acids is 1. The quantitative estimate of drug-likeness (QED) is 0.781. The van der Waals surface area contributed by atoms with Gasteiger partial charge in [-0.3, -0.25) is 4.79 Å². The average molecular weight is 291 g/mol. The lowest BCUT2D eigenvalue weighted by molar-refractivity contribution is -0.134. The van der Waals surface area contributed by atoms with Crippen molar-refractivity contribution in [3.63, 3.8) is 0 Å². The molecular formula is C15H31ClN2O. The van der Waals surface area contributed by atoms with E-state index < -0.39 is 0 Å². The van der Waals surface area contributed by atoms with Crippen molar-refractivity contribution in [3.05, 3.63) is 0 Å². The zero-order valence-electron chi connectivity index (χ0n) is 12.6. The van der Waals surface area contributed by atoms with Crippen molar-refractivity contribution >= 4 is 18.3 Å². The Labute approximate surface area is 124 Å². The highest BCUT2D eigenvalue weighted by Crippen LogP contribution is 2.38. The van der Waals surface area contributed by atoms with E-state index in [0.717, 1.165) is 38.8 Å². The maximum Gasteiger partial charge on any atom is 0.223 e. The molecule has 1 aliphatic rings. The molecule has 0 spiro atoms. The Hall–Kier alpha value is -0.280. The lowest BCUT2D eigenvalue weighted by Crippen LogP contribution is -2.41. The molecule has 0 aliphatic heterocycles. The van der Waals surface area contributed by atoms with E-state index in [1.807, 2.05) is 4.90 Å². The van der Waals surface area contributed by atoms with Crippen LogP contribution in [0.4, 0.5) is 0 Å². The number of amides is 1. The predicted molar refractivity (Wildman–Crippen MR) is 83.6 cm³/mol. The summed E-state index contributed by atoms with van der Waals surface area (Å²) >= 11 is 0. The van der Waals surface area contributed by atoms with Crippen molar-refractivity contribution in [3.8, 4) is 0 Å². The molecule has 114 valence electrons. The zero-order chi connectivity index (χ0) is 13.4. The number of carbonyl (C=O) groups is 1. The molecule has 1 aliphatic carbocycles. The van der Waals surface area contributed by atoms with Gasteiger partial charge in [0.25, 0.3) is 0 Å². The normalized spacial score (nSPS) is 17.6. The zero-order valence-corrected chi connectivity index (χ0v) is 13.4. The van der Waals surface area contributed by atoms with Crippen molar-refractivity contribution in [2.75, 3.05) is 19.6 Å². The van der Waals surface area contributed by atoms with Gasteiger partial charge in [0, 0.05) is 19.5 Å². The summed E-state index contributed by atoms with van der Waals surface area (Å²) in [7, 11) is 0. The van der Waals surface area contributed by atoms with Gasteiger partial charge in [-0.2, -0.15) is 0 Å². The number of hydrogen-bond donors (Lipinski definition) is 1. The lowest BCUT2D eigenvalue weighted by atomic mass is 9.71. The summed E-state index contributed by atoms with van der Waals surface area (Å²) < 4.78 is 0. The number of nitrogens with two attached hydrogens (primary N) is 1. The third kappa shape index (κ3) is 5.70. The minimum absolute atomic E-state index is 0. The molecule has 3 nitrogen and oxygen atoms in total. The SMILES string of the molecule is CCCN(CCC)C(=O)CC1(CN)CCCCC1.Cl. The van der Waals surface area contributed by atoms with Crippen LogP contribution < -0.4 is 5.73 Å². The van der Waals surface area contributed by atoms with Gasteiger partial charge in [-0.25, -0.2) is 0 Å². The van der Waals surface area contributed by atoms with Crippen LogP contribution >= 0.6 is 12.4 Å². The molecule has 4 heteroatoms. The maximum absolute atomic E-state index is 12.4. The van der Waals surface area contributed by atoms with Crippen LogP contribution in [0.1, 0.15) is 65.2 Å². The van der Waals surface area contributed by atoms with E-state index in [4.69, 9.17) is 5.73 Å². The molecule has 0 aromatic heterocycles. The number of halogens is 1. The van der Waals surface area contributed by atoms with Crippen molar-refractivity contribution in [1.82, 2.24) is 4.90 Å². The minimum atomic E-state index is 0. The molecule has 0 atom stereocenters. The van der Waals surface area contributed by atoms with E-state index in [9.17, 15) is 4.79 Å². The Kier molecular flexibility index (Phi) is 9.46. The highest BCUT2D eigenvalue weighted by molar-refractivity contribution is 5.85. The number of nitrogens with zero attached hydrogens (tertiary/aromatic N) is 1. The molecule has 0 heterocycles. The molecule has 0 radical (unpaired) electrons. The van der Waals surface area contributed by atoms with Crippen molar-refractivity contribution in [2.45, 2.75) is 65.2 Å². The van der Waals surface area contributed by atoms with Gasteiger partial charge in [0.05, 0.1) is 0 Å². The molecule has 0 saturated heterocycles. The summed E-state index contributed by atoms with van der Waals surface area (Å²) in [5.74, 6) is 0.325. The fraction of sp³-hybridized carbons (Fsp3) is 0.933. The fourth-order valence-electron chi connectivity index (χ4n) is 3.09. The van der Waals surface area contributed by atoms with E-state index >= 15 is 0 Å². The Bertz CT molecular complexity index is 247. The van der Waals surface area contributed by atoms with Gasteiger partial charge in [-0.1, -0.05) is 33.1 Å². The summed E-state index contributed by atoms with van der Waals surface area (Å²) in [5, 5.41) is 0. The van der Waals surface area contributed by atoms with Gasteiger partial charge < -0.3 is 10.6 Å². The summed E-state index contributed by atoms with van der Waals surface area (Å²) in [5.41, 5.74) is 6.07. The van der Waals surface area contributed by atoms with Gasteiger partial charge in [0.2, 0.25) is 5.91 Å². The smallest absolute Gasteiger partial charge is 0.223 e. The maximum atomic E-state index is 12.4. The largest absolute Gasteiger partial charge is 0.343 e. The standard InChI is InChI=1S/C15H30N2O.ClH/c1-3-10-17(11-4-2)14(18)12-15(13-16)8-6-5-7-9-15;/h3-13,16H2,1-2H3;1H. The Morgan fingerprint density at radius 3 is 2.05 bits per heavy atom. The van der Waals surface area contributed by atoms with E-state index in [1.54, 1.807) is 0 Å². The molecule has 1 fully saturated rings. The first-order valence-corrected chi connectivity index (χ1v) is 7.65. The molecule has 0 aromatic rings. The topological polar surface area (TPSA) is 46.3 Å². The fourth-order valence-corrected chi connectivity index (χ4v) is 3.09. The number of hydrogen-bond acceptors (Lipinski definition) is 2. The van der Waals surface area contributed by atoms with Gasteiger partial charge >= 0.3 is 0 Å². The Morgan fingerprint density at radius 2 is 1.63 bits per heavy atom. The highest BCUT2D eigenvalue weighted by Gasteiger charge is 2.34. The summed E-state index contributed by atoms with van der Waals surface area (Å²) in [4.78, 5) is 14.5. The molecule has 1 rings (SSSR count). The molecular weight excluding hydrogens is 260 g/mol. The Balaban J connectivity index is 0.00000324. The lowest BCUT2D eigenvalue weighted by Gasteiger charge is -2.37. The molecule has 1 saturated carbocycles. The second-order valence-corrected chi connectivity index (χ2v) is 5.82. The van der Waals surface area contributed by atoms with Gasteiger partial charge in [-0.05, 0) is 37.6 Å². The molecule has 2 N–H and O–H groups in total. The van der Waals surface area contributed by atoms with Crippen LogP contribution in [-0.4, -0.2) is 30.4 Å². The molecule has 0 unspecified atom stereocenters. The molecule has 1 amide bonds. The van der Waals surface area contributed by atoms with Crippen molar-refractivity contribution in [1.29, 1.82) is 0 Å². The summed E-state index contributed by atoms with van der Waals surface area (Å²) in [6.07, 6.45) is 8.83. The second kappa shape index (κ2) is 9.60. The van der Waals surface area contributed by atoms with Crippen LogP contribution in [0.3, 0.4) is 0 Å². The van der Waals surface area contributed by atoms with Gasteiger partial charge in [0.1, 0.15) is 0 Å². The summed E-state index contributed by atoms with van der Waals surface area (Å²) in [6.45, 7) is 6.73. The predicted octanol–water partition coefficient (Wildman–Crippen LogP) is 3.36. The van der Waals surface area contributed by atoms with Crippen molar-refractivity contribution < 1.29 is 4.79 Å². The Morgan fingerprint density at radius 1 is 1.11 bits per heavy atom. The van der Waals surface area contributed by atoms with E-state index in [1.165, 1.54) is 19.3 Å². The summed E-state index contributed by atoms with van der Waals surface area (Å²) in [6, 6.07) is 0. The molecule has 19 heavy (non-hydrogen) atoms. The van der Waals surface area contributed by atoms with E-state index in [2.05, 4.69) is 13.8 Å². The third-order valence-electron chi connectivity index (χ3n) is 4.21. The first kappa shape index (κ1) is 18.7. The number of rotatable bonds is 7. The minimum Gasteiger partial charge on any atom is -0.343 e. The van der Waals surface area contributed by atoms with E-state index in [-0.39, 0.29) is 17.8 Å². The van der Waals surface area contributed by atoms with E-state index in [0.29, 0.717) is 18.9 Å². The molecule has 0 bridgehead atoms. The van der Waals surface area contributed by atoms with Crippen LogP contribution in [-0.2, 0) is 4.79 Å². The van der Waals surface area contributed by atoms with Crippen LogP contribution in [0, 0.1) is 5.41 Å². The third-order valence-corrected chi connectivity index (χ3v) is 4.21.